The van der Waals surface area contributed by atoms with Crippen molar-refractivity contribution in [1.29, 1.82) is 0 Å². The molecular formula is C20H16ClFN2O3. The Bertz CT molecular complexity index is 1200. The summed E-state index contributed by atoms with van der Waals surface area (Å²) in [6, 6.07) is 6.43. The zero-order valence-electron chi connectivity index (χ0n) is 14.6. The van der Waals surface area contributed by atoms with Crippen molar-refractivity contribution in [2.45, 2.75) is 6.42 Å². The number of aromatic nitrogens is 2. The van der Waals surface area contributed by atoms with E-state index in [1.54, 1.807) is 31.6 Å². The average Bonchev–Trinajstić information content (AvgIpc) is 2.94. The summed E-state index contributed by atoms with van der Waals surface area (Å²) in [5.74, 6) is -0.111. The van der Waals surface area contributed by atoms with E-state index in [9.17, 15) is 14.6 Å². The summed E-state index contributed by atoms with van der Waals surface area (Å²) in [6.07, 6.45) is 3.81. The van der Waals surface area contributed by atoms with Gasteiger partial charge in [0.1, 0.15) is 17.1 Å². The van der Waals surface area contributed by atoms with Gasteiger partial charge in [0.15, 0.2) is 5.75 Å². The minimum Gasteiger partial charge on any atom is -0.505 e. The highest BCUT2D eigenvalue weighted by Gasteiger charge is 2.21. The molecular weight excluding hydrogens is 371 g/mol. The molecule has 5 nitrogen and oxygen atoms in total. The minimum absolute atomic E-state index is 0.0606. The molecule has 0 radical (unpaired) electrons. The molecule has 2 aromatic carbocycles. The van der Waals surface area contributed by atoms with E-state index in [4.69, 9.17) is 16.3 Å². The largest absolute Gasteiger partial charge is 0.505 e. The van der Waals surface area contributed by atoms with Gasteiger partial charge in [-0.2, -0.15) is 0 Å². The molecule has 0 unspecified atom stereocenters. The van der Waals surface area contributed by atoms with Crippen LogP contribution < -0.4 is 4.74 Å². The second-order valence-corrected chi connectivity index (χ2v) is 6.81. The molecule has 2 aromatic heterocycles. The van der Waals surface area contributed by atoms with Gasteiger partial charge in [-0.3, -0.25) is 4.98 Å². The summed E-state index contributed by atoms with van der Waals surface area (Å²) in [5, 5.41) is 22.4. The Morgan fingerprint density at radius 1 is 1.19 bits per heavy atom. The van der Waals surface area contributed by atoms with Crippen molar-refractivity contribution in [2.75, 3.05) is 7.11 Å². The molecule has 4 aromatic rings. The molecule has 0 saturated carbocycles. The summed E-state index contributed by atoms with van der Waals surface area (Å²) in [5.41, 5.74) is 2.02. The molecule has 0 aliphatic heterocycles. The van der Waals surface area contributed by atoms with E-state index in [1.165, 1.54) is 17.7 Å². The number of aromatic hydroxyl groups is 2. The van der Waals surface area contributed by atoms with Gasteiger partial charge in [-0.05, 0) is 35.7 Å². The first-order chi connectivity index (χ1) is 12.9. The van der Waals surface area contributed by atoms with Crippen LogP contribution in [0, 0.1) is 5.82 Å². The first-order valence-corrected chi connectivity index (χ1v) is 8.58. The van der Waals surface area contributed by atoms with Crippen molar-refractivity contribution in [2.24, 2.45) is 7.05 Å². The van der Waals surface area contributed by atoms with E-state index in [0.717, 1.165) is 11.1 Å². The maximum Gasteiger partial charge on any atom is 0.202 e. The van der Waals surface area contributed by atoms with Crippen molar-refractivity contribution in [3.63, 3.8) is 0 Å². The van der Waals surface area contributed by atoms with E-state index in [2.05, 4.69) is 4.98 Å². The van der Waals surface area contributed by atoms with Gasteiger partial charge in [-0.25, -0.2) is 4.39 Å². The van der Waals surface area contributed by atoms with Gasteiger partial charge < -0.3 is 19.5 Å². The monoisotopic (exact) mass is 386 g/mol. The molecule has 0 aliphatic rings. The van der Waals surface area contributed by atoms with Gasteiger partial charge in [-0.1, -0.05) is 17.7 Å². The summed E-state index contributed by atoms with van der Waals surface area (Å²) in [7, 11) is 3.21. The number of benzene rings is 2. The number of hydrogen-bond acceptors (Lipinski definition) is 4. The molecule has 0 fully saturated rings. The summed E-state index contributed by atoms with van der Waals surface area (Å²) in [4.78, 5) is 4.37. The van der Waals surface area contributed by atoms with E-state index < -0.39 is 5.82 Å². The van der Waals surface area contributed by atoms with Crippen LogP contribution in [0.2, 0.25) is 5.02 Å². The maximum atomic E-state index is 13.4. The number of halogens is 2. The van der Waals surface area contributed by atoms with Crippen LogP contribution in [-0.2, 0) is 13.5 Å². The Balaban J connectivity index is 1.91. The maximum absolute atomic E-state index is 13.4. The number of phenols is 1. The molecule has 0 bridgehead atoms. The van der Waals surface area contributed by atoms with Crippen LogP contribution in [0.3, 0.4) is 0 Å². The summed E-state index contributed by atoms with van der Waals surface area (Å²) in [6.45, 7) is 0. The standard InChI is InChI=1S/C20H16ClFN2O3/c1-24-9-13-16(20(24)26)18(25)17-12(19(13)27-2)6-11(8-23-17)5-10-3-4-15(22)14(21)7-10/h3-4,6-9,25-26H,5H2,1-2H3. The third-order valence-electron chi connectivity index (χ3n) is 4.64. The lowest BCUT2D eigenvalue weighted by molar-refractivity contribution is 0.423. The van der Waals surface area contributed by atoms with Crippen LogP contribution in [0.5, 0.6) is 17.4 Å². The van der Waals surface area contributed by atoms with Crippen molar-refractivity contribution in [3.8, 4) is 17.4 Å². The van der Waals surface area contributed by atoms with Gasteiger partial charge >= 0.3 is 0 Å². The molecule has 0 aliphatic carbocycles. The van der Waals surface area contributed by atoms with Gasteiger partial charge in [0.2, 0.25) is 5.88 Å². The van der Waals surface area contributed by atoms with Crippen molar-refractivity contribution in [1.82, 2.24) is 9.55 Å². The Labute approximate surface area is 159 Å². The Morgan fingerprint density at radius 2 is 1.96 bits per heavy atom. The van der Waals surface area contributed by atoms with Crippen LogP contribution in [0.15, 0.2) is 36.7 Å². The third kappa shape index (κ3) is 2.73. The fourth-order valence-electron chi connectivity index (χ4n) is 3.36. The number of fused-ring (bicyclic) bond motifs is 2. The number of nitrogens with zero attached hydrogens (tertiary/aromatic N) is 2. The number of hydrogen-bond donors (Lipinski definition) is 2. The number of methoxy groups -OCH3 is 1. The SMILES string of the molecule is COc1c2cc(Cc3ccc(F)c(Cl)c3)cnc2c(O)c2c(O)n(C)cc12. The third-order valence-corrected chi connectivity index (χ3v) is 4.93. The molecule has 0 atom stereocenters. The molecule has 7 heteroatoms. The van der Waals surface area contributed by atoms with Crippen LogP contribution in [0.4, 0.5) is 4.39 Å². The quantitative estimate of drug-likeness (QED) is 0.543. The minimum atomic E-state index is -0.463. The van der Waals surface area contributed by atoms with Gasteiger partial charge in [-0.15, -0.1) is 0 Å². The summed E-state index contributed by atoms with van der Waals surface area (Å²) >= 11 is 5.86. The van der Waals surface area contributed by atoms with Gasteiger partial charge in [0.25, 0.3) is 0 Å². The average molecular weight is 387 g/mol. The highest BCUT2D eigenvalue weighted by atomic mass is 35.5. The number of ether oxygens (including phenoxy) is 1. The van der Waals surface area contributed by atoms with Gasteiger partial charge in [0, 0.05) is 30.2 Å². The molecule has 0 saturated heterocycles. The first kappa shape index (κ1) is 17.4. The zero-order chi connectivity index (χ0) is 19.3. The molecule has 138 valence electrons. The van der Waals surface area contributed by atoms with Crippen LogP contribution >= 0.6 is 11.6 Å². The Morgan fingerprint density at radius 3 is 2.67 bits per heavy atom. The Kier molecular flexibility index (Phi) is 4.08. The lowest BCUT2D eigenvalue weighted by Gasteiger charge is -2.11. The number of rotatable bonds is 3. The van der Waals surface area contributed by atoms with Gasteiger partial charge in [0.05, 0.1) is 17.5 Å². The molecule has 2 heterocycles. The lowest BCUT2D eigenvalue weighted by atomic mass is 10.0. The predicted octanol–water partition coefficient (Wildman–Crippen LogP) is 4.53. The van der Waals surface area contributed by atoms with Crippen molar-refractivity contribution >= 4 is 33.3 Å². The number of pyridine rings is 1. The smallest absolute Gasteiger partial charge is 0.202 e. The first-order valence-electron chi connectivity index (χ1n) is 8.20. The van der Waals surface area contributed by atoms with E-state index in [0.29, 0.717) is 33.8 Å². The summed E-state index contributed by atoms with van der Waals surface area (Å²) < 4.78 is 20.4. The zero-order valence-corrected chi connectivity index (χ0v) is 15.4. The fraction of sp³-hybridized carbons (Fsp3) is 0.150. The fourth-order valence-corrected chi connectivity index (χ4v) is 3.56. The molecule has 27 heavy (non-hydrogen) atoms. The topological polar surface area (TPSA) is 67.5 Å². The normalized spacial score (nSPS) is 11.4. The van der Waals surface area contributed by atoms with E-state index in [-0.39, 0.29) is 16.7 Å². The second kappa shape index (κ2) is 6.32. The number of phenolic OH excluding ortho intramolecular Hbond substituents is 1. The predicted molar refractivity (Wildman–Crippen MR) is 102 cm³/mol. The molecule has 2 N–H and O–H groups in total. The molecule has 0 spiro atoms. The Hall–Kier alpha value is -2.99. The highest BCUT2D eigenvalue weighted by molar-refractivity contribution is 6.30. The van der Waals surface area contributed by atoms with Crippen molar-refractivity contribution < 1.29 is 19.3 Å². The molecule has 0 amide bonds. The van der Waals surface area contributed by atoms with E-state index in [1.807, 2.05) is 6.07 Å². The number of aryl methyl sites for hydroxylation is 1. The van der Waals surface area contributed by atoms with Crippen molar-refractivity contribution in [3.05, 3.63) is 58.6 Å². The molecule has 4 rings (SSSR count). The van der Waals surface area contributed by atoms with Crippen LogP contribution in [-0.4, -0.2) is 26.9 Å². The lowest BCUT2D eigenvalue weighted by Crippen LogP contribution is -1.94. The second-order valence-electron chi connectivity index (χ2n) is 6.40. The van der Waals surface area contributed by atoms with E-state index >= 15 is 0 Å². The van der Waals surface area contributed by atoms with Crippen LogP contribution in [0.25, 0.3) is 21.7 Å². The van der Waals surface area contributed by atoms with Crippen LogP contribution in [0.1, 0.15) is 11.1 Å². The highest BCUT2D eigenvalue weighted by Crippen LogP contribution is 2.45.